The van der Waals surface area contributed by atoms with Crippen molar-refractivity contribution in [2.75, 3.05) is 25.0 Å². The van der Waals surface area contributed by atoms with Crippen LogP contribution < -0.4 is 10.2 Å². The molecular formula is C15H17ClN4O. The molecule has 0 atom stereocenters. The number of anilines is 1. The van der Waals surface area contributed by atoms with E-state index in [4.69, 9.17) is 11.6 Å². The van der Waals surface area contributed by atoms with E-state index < -0.39 is 0 Å². The molecule has 1 aromatic carbocycles. The molecular weight excluding hydrogens is 288 g/mol. The van der Waals surface area contributed by atoms with Crippen molar-refractivity contribution in [3.63, 3.8) is 0 Å². The minimum atomic E-state index is -0.235. The molecule has 1 amide bonds. The van der Waals surface area contributed by atoms with Crippen molar-refractivity contribution in [3.8, 4) is 0 Å². The maximum Gasteiger partial charge on any atom is 0.271 e. The number of carbonyl (C=O) groups is 1. The quantitative estimate of drug-likeness (QED) is 0.833. The number of hydrogen-bond acceptors (Lipinski definition) is 4. The number of hydrogen-bond donors (Lipinski definition) is 1. The number of amides is 1. The Labute approximate surface area is 129 Å². The molecule has 0 fully saturated rings. The molecule has 1 heterocycles. The van der Waals surface area contributed by atoms with Crippen molar-refractivity contribution in [1.82, 2.24) is 15.3 Å². The number of halogens is 1. The molecule has 2 aromatic rings. The Bertz CT molecular complexity index is 574. The van der Waals surface area contributed by atoms with Crippen molar-refractivity contribution in [2.45, 2.75) is 6.42 Å². The van der Waals surface area contributed by atoms with Gasteiger partial charge in [0.05, 0.1) is 12.4 Å². The molecule has 1 aromatic heterocycles. The highest BCUT2D eigenvalue weighted by Crippen LogP contribution is 2.10. The highest BCUT2D eigenvalue weighted by molar-refractivity contribution is 6.29. The standard InChI is InChI=1S/C15H17ClN4O/c1-20(12-6-3-2-4-7-12)9-5-8-17-15(21)13-10-19-14(16)11-18-13/h2-4,6-7,10-11H,5,8-9H2,1H3,(H,17,21). The summed E-state index contributed by atoms with van der Waals surface area (Å²) in [7, 11) is 2.03. The van der Waals surface area contributed by atoms with Gasteiger partial charge in [-0.1, -0.05) is 29.8 Å². The smallest absolute Gasteiger partial charge is 0.271 e. The van der Waals surface area contributed by atoms with Gasteiger partial charge in [-0.25, -0.2) is 9.97 Å². The van der Waals surface area contributed by atoms with Gasteiger partial charge in [0.1, 0.15) is 10.8 Å². The monoisotopic (exact) mass is 304 g/mol. The Morgan fingerprint density at radius 1 is 1.24 bits per heavy atom. The van der Waals surface area contributed by atoms with Gasteiger partial charge in [-0.05, 0) is 18.6 Å². The SMILES string of the molecule is CN(CCCNC(=O)c1cnc(Cl)cn1)c1ccccc1. The molecule has 2 rings (SSSR count). The molecule has 0 aliphatic heterocycles. The summed E-state index contributed by atoms with van der Waals surface area (Å²) >= 11 is 5.63. The van der Waals surface area contributed by atoms with Crippen LogP contribution in [-0.2, 0) is 0 Å². The predicted octanol–water partition coefficient (Wildman–Crippen LogP) is 2.39. The fraction of sp³-hybridized carbons (Fsp3) is 0.267. The van der Waals surface area contributed by atoms with E-state index in [1.165, 1.54) is 12.4 Å². The van der Waals surface area contributed by atoms with Crippen LogP contribution in [-0.4, -0.2) is 36.0 Å². The Hall–Kier alpha value is -2.14. The Kier molecular flexibility index (Phi) is 5.51. The van der Waals surface area contributed by atoms with Crippen LogP contribution in [0.4, 0.5) is 5.69 Å². The van der Waals surface area contributed by atoms with Crippen LogP contribution >= 0.6 is 11.6 Å². The molecule has 0 saturated carbocycles. The zero-order valence-corrected chi connectivity index (χ0v) is 12.5. The molecule has 0 aliphatic carbocycles. The summed E-state index contributed by atoms with van der Waals surface area (Å²) in [6.45, 7) is 1.44. The number of nitrogens with zero attached hydrogens (tertiary/aromatic N) is 3. The van der Waals surface area contributed by atoms with Crippen molar-refractivity contribution >= 4 is 23.2 Å². The van der Waals surface area contributed by atoms with Gasteiger partial charge in [0.25, 0.3) is 5.91 Å². The van der Waals surface area contributed by atoms with Crippen LogP contribution in [0, 0.1) is 0 Å². The van der Waals surface area contributed by atoms with Gasteiger partial charge < -0.3 is 10.2 Å². The van der Waals surface area contributed by atoms with Crippen LogP contribution in [0.1, 0.15) is 16.9 Å². The first-order chi connectivity index (χ1) is 10.2. The predicted molar refractivity (Wildman–Crippen MR) is 83.7 cm³/mol. The average molecular weight is 305 g/mol. The highest BCUT2D eigenvalue weighted by atomic mass is 35.5. The summed E-state index contributed by atoms with van der Waals surface area (Å²) < 4.78 is 0. The largest absolute Gasteiger partial charge is 0.375 e. The molecule has 21 heavy (non-hydrogen) atoms. The van der Waals surface area contributed by atoms with Crippen LogP contribution in [0.5, 0.6) is 0 Å². The highest BCUT2D eigenvalue weighted by Gasteiger charge is 2.07. The first-order valence-corrected chi connectivity index (χ1v) is 7.06. The second kappa shape index (κ2) is 7.59. The summed E-state index contributed by atoms with van der Waals surface area (Å²) in [5.74, 6) is -0.235. The summed E-state index contributed by atoms with van der Waals surface area (Å²) in [5.41, 5.74) is 1.43. The Morgan fingerprint density at radius 2 is 2.00 bits per heavy atom. The maximum atomic E-state index is 11.8. The van der Waals surface area contributed by atoms with E-state index in [9.17, 15) is 4.79 Å². The van der Waals surface area contributed by atoms with Gasteiger partial charge in [-0.2, -0.15) is 0 Å². The fourth-order valence-electron chi connectivity index (χ4n) is 1.85. The van der Waals surface area contributed by atoms with Gasteiger partial charge in [0.2, 0.25) is 0 Å². The minimum Gasteiger partial charge on any atom is -0.375 e. The molecule has 110 valence electrons. The van der Waals surface area contributed by atoms with Crippen molar-refractivity contribution < 1.29 is 4.79 Å². The first-order valence-electron chi connectivity index (χ1n) is 6.69. The van der Waals surface area contributed by atoms with Crippen LogP contribution in [0.15, 0.2) is 42.7 Å². The second-order valence-electron chi connectivity index (χ2n) is 4.59. The molecule has 0 spiro atoms. The maximum absolute atomic E-state index is 11.8. The molecule has 1 N–H and O–H groups in total. The Balaban J connectivity index is 1.72. The first kappa shape index (κ1) is 15.3. The van der Waals surface area contributed by atoms with E-state index >= 15 is 0 Å². The summed E-state index contributed by atoms with van der Waals surface area (Å²) in [5, 5.41) is 3.09. The molecule has 0 aliphatic rings. The van der Waals surface area contributed by atoms with E-state index in [-0.39, 0.29) is 16.8 Å². The van der Waals surface area contributed by atoms with Crippen molar-refractivity contribution in [1.29, 1.82) is 0 Å². The number of aromatic nitrogens is 2. The van der Waals surface area contributed by atoms with Crippen LogP contribution in [0.3, 0.4) is 0 Å². The number of rotatable bonds is 6. The lowest BCUT2D eigenvalue weighted by molar-refractivity contribution is 0.0948. The topological polar surface area (TPSA) is 58.1 Å². The van der Waals surface area contributed by atoms with Gasteiger partial charge in [-0.15, -0.1) is 0 Å². The molecule has 0 bridgehead atoms. The van der Waals surface area contributed by atoms with Crippen molar-refractivity contribution in [3.05, 3.63) is 53.6 Å². The third-order valence-corrected chi connectivity index (χ3v) is 3.20. The lowest BCUT2D eigenvalue weighted by Crippen LogP contribution is -2.28. The summed E-state index contributed by atoms with van der Waals surface area (Å²) in [4.78, 5) is 21.7. The van der Waals surface area contributed by atoms with E-state index in [1.54, 1.807) is 0 Å². The number of para-hydroxylation sites is 1. The lowest BCUT2D eigenvalue weighted by atomic mass is 10.3. The fourth-order valence-corrected chi connectivity index (χ4v) is 1.95. The van der Waals surface area contributed by atoms with Gasteiger partial charge in [-0.3, -0.25) is 4.79 Å². The van der Waals surface area contributed by atoms with Crippen LogP contribution in [0.25, 0.3) is 0 Å². The number of nitrogens with one attached hydrogen (secondary N) is 1. The van der Waals surface area contributed by atoms with Gasteiger partial charge >= 0.3 is 0 Å². The molecule has 0 unspecified atom stereocenters. The van der Waals surface area contributed by atoms with Crippen LogP contribution in [0.2, 0.25) is 5.15 Å². The summed E-state index contributed by atoms with van der Waals surface area (Å²) in [6.07, 6.45) is 3.57. The van der Waals surface area contributed by atoms with E-state index in [1.807, 2.05) is 25.2 Å². The lowest BCUT2D eigenvalue weighted by Gasteiger charge is -2.19. The number of benzene rings is 1. The second-order valence-corrected chi connectivity index (χ2v) is 4.98. The van der Waals surface area contributed by atoms with Gasteiger partial charge in [0.15, 0.2) is 0 Å². The zero-order valence-electron chi connectivity index (χ0n) is 11.8. The molecule has 5 nitrogen and oxygen atoms in total. The third kappa shape index (κ3) is 4.72. The van der Waals surface area contributed by atoms with E-state index in [2.05, 4.69) is 32.3 Å². The molecule has 0 saturated heterocycles. The number of carbonyl (C=O) groups excluding carboxylic acids is 1. The van der Waals surface area contributed by atoms with E-state index in [0.29, 0.717) is 6.54 Å². The normalized spacial score (nSPS) is 10.2. The van der Waals surface area contributed by atoms with Crippen molar-refractivity contribution in [2.24, 2.45) is 0 Å². The minimum absolute atomic E-state index is 0.235. The van der Waals surface area contributed by atoms with Gasteiger partial charge in [0, 0.05) is 25.8 Å². The molecule has 0 radical (unpaired) electrons. The van der Waals surface area contributed by atoms with E-state index in [0.717, 1.165) is 18.7 Å². The summed E-state index contributed by atoms with van der Waals surface area (Å²) in [6, 6.07) is 10.1. The Morgan fingerprint density at radius 3 is 2.67 bits per heavy atom. The average Bonchev–Trinajstić information content (AvgIpc) is 2.52. The third-order valence-electron chi connectivity index (χ3n) is 3.01. The zero-order chi connectivity index (χ0) is 15.1. The molecule has 6 heteroatoms.